The highest BCUT2D eigenvalue weighted by Crippen LogP contribution is 2.35. The van der Waals surface area contributed by atoms with Gasteiger partial charge in [0.25, 0.3) is 0 Å². The maximum Gasteiger partial charge on any atom is 0.196 e. The zero-order valence-electron chi connectivity index (χ0n) is 9.10. The van der Waals surface area contributed by atoms with Crippen molar-refractivity contribution in [2.45, 2.75) is 0 Å². The first-order valence-electron chi connectivity index (χ1n) is 5.03. The van der Waals surface area contributed by atoms with E-state index in [1.807, 2.05) is 24.4 Å². The summed E-state index contributed by atoms with van der Waals surface area (Å²) < 4.78 is 9.94. The summed E-state index contributed by atoms with van der Waals surface area (Å²) in [6.45, 7) is 0. The SMILES string of the molecule is COc1cccc2[nH]cc(-c3nonc3N)c12. The largest absolute Gasteiger partial charge is 0.496 e. The van der Waals surface area contributed by atoms with Gasteiger partial charge in [-0.15, -0.1) is 0 Å². The predicted molar refractivity (Wildman–Crippen MR) is 62.6 cm³/mol. The summed E-state index contributed by atoms with van der Waals surface area (Å²) >= 11 is 0. The third-order valence-corrected chi connectivity index (χ3v) is 2.66. The molecule has 17 heavy (non-hydrogen) atoms. The number of nitrogens with two attached hydrogens (primary N) is 1. The number of hydrogen-bond acceptors (Lipinski definition) is 5. The van der Waals surface area contributed by atoms with Crippen LogP contribution in [0.3, 0.4) is 0 Å². The van der Waals surface area contributed by atoms with Crippen LogP contribution < -0.4 is 10.5 Å². The molecule has 2 heterocycles. The van der Waals surface area contributed by atoms with Gasteiger partial charge in [0.2, 0.25) is 0 Å². The van der Waals surface area contributed by atoms with E-state index in [9.17, 15) is 0 Å². The van der Waals surface area contributed by atoms with Gasteiger partial charge in [0.1, 0.15) is 5.75 Å². The summed E-state index contributed by atoms with van der Waals surface area (Å²) in [6.07, 6.45) is 1.81. The molecular weight excluding hydrogens is 220 g/mol. The number of H-pyrrole nitrogens is 1. The van der Waals surface area contributed by atoms with Crippen molar-refractivity contribution in [3.63, 3.8) is 0 Å². The number of aromatic nitrogens is 3. The molecule has 0 radical (unpaired) electrons. The average molecular weight is 230 g/mol. The van der Waals surface area contributed by atoms with Gasteiger partial charge in [-0.3, -0.25) is 0 Å². The third kappa shape index (κ3) is 1.34. The van der Waals surface area contributed by atoms with Crippen molar-refractivity contribution >= 4 is 16.7 Å². The van der Waals surface area contributed by atoms with Crippen LogP contribution in [-0.4, -0.2) is 22.4 Å². The molecular formula is C11H10N4O2. The van der Waals surface area contributed by atoms with E-state index in [1.54, 1.807) is 7.11 Å². The molecule has 3 rings (SSSR count). The Morgan fingerprint density at radius 2 is 2.24 bits per heavy atom. The molecule has 0 aliphatic carbocycles. The molecule has 0 saturated carbocycles. The second-order valence-corrected chi connectivity index (χ2v) is 3.58. The van der Waals surface area contributed by atoms with E-state index in [1.165, 1.54) is 0 Å². The molecule has 3 N–H and O–H groups in total. The summed E-state index contributed by atoms with van der Waals surface area (Å²) in [5.41, 5.74) is 7.97. The number of hydrogen-bond donors (Lipinski definition) is 2. The molecule has 0 spiro atoms. The van der Waals surface area contributed by atoms with Crippen molar-refractivity contribution in [3.8, 4) is 17.0 Å². The molecule has 1 aromatic carbocycles. The lowest BCUT2D eigenvalue weighted by atomic mass is 10.1. The Labute approximate surface area is 96.3 Å². The second kappa shape index (κ2) is 3.51. The Morgan fingerprint density at radius 1 is 1.35 bits per heavy atom. The highest BCUT2D eigenvalue weighted by molar-refractivity contribution is 6.00. The number of nitrogens with one attached hydrogen (secondary N) is 1. The minimum atomic E-state index is 0.261. The zero-order valence-corrected chi connectivity index (χ0v) is 9.10. The van der Waals surface area contributed by atoms with Gasteiger partial charge in [-0.25, -0.2) is 4.63 Å². The fraction of sp³-hybridized carbons (Fsp3) is 0.0909. The van der Waals surface area contributed by atoms with Gasteiger partial charge in [-0.1, -0.05) is 6.07 Å². The number of benzene rings is 1. The van der Waals surface area contributed by atoms with Crippen LogP contribution in [0.4, 0.5) is 5.82 Å². The lowest BCUT2D eigenvalue weighted by Crippen LogP contribution is -1.89. The van der Waals surface area contributed by atoms with Gasteiger partial charge >= 0.3 is 0 Å². The first-order valence-corrected chi connectivity index (χ1v) is 5.03. The molecule has 0 amide bonds. The molecule has 0 atom stereocenters. The maximum atomic E-state index is 5.69. The van der Waals surface area contributed by atoms with E-state index in [2.05, 4.69) is 19.9 Å². The van der Waals surface area contributed by atoms with Crippen molar-refractivity contribution in [2.75, 3.05) is 12.8 Å². The van der Waals surface area contributed by atoms with Crippen molar-refractivity contribution in [3.05, 3.63) is 24.4 Å². The topological polar surface area (TPSA) is 90.0 Å². The lowest BCUT2D eigenvalue weighted by molar-refractivity contribution is 0.310. The van der Waals surface area contributed by atoms with Crippen LogP contribution in [0.1, 0.15) is 0 Å². The van der Waals surface area contributed by atoms with Gasteiger partial charge in [-0.2, -0.15) is 0 Å². The van der Waals surface area contributed by atoms with E-state index < -0.39 is 0 Å². The number of aromatic amines is 1. The van der Waals surface area contributed by atoms with Crippen LogP contribution in [0.15, 0.2) is 29.0 Å². The van der Waals surface area contributed by atoms with Crippen LogP contribution in [0, 0.1) is 0 Å². The summed E-state index contributed by atoms with van der Waals surface area (Å²) in [7, 11) is 1.62. The van der Waals surface area contributed by atoms with Crippen molar-refractivity contribution < 1.29 is 9.37 Å². The molecule has 6 heteroatoms. The zero-order chi connectivity index (χ0) is 11.8. The van der Waals surface area contributed by atoms with Gasteiger partial charge in [-0.05, 0) is 22.4 Å². The highest BCUT2D eigenvalue weighted by atomic mass is 16.6. The highest BCUT2D eigenvalue weighted by Gasteiger charge is 2.16. The molecule has 86 valence electrons. The van der Waals surface area contributed by atoms with E-state index in [0.29, 0.717) is 5.69 Å². The van der Waals surface area contributed by atoms with Crippen molar-refractivity contribution in [1.29, 1.82) is 0 Å². The molecule has 3 aromatic rings. The smallest absolute Gasteiger partial charge is 0.196 e. The monoisotopic (exact) mass is 230 g/mol. The number of ether oxygens (including phenoxy) is 1. The van der Waals surface area contributed by atoms with Gasteiger partial charge in [0.15, 0.2) is 11.5 Å². The van der Waals surface area contributed by atoms with E-state index in [4.69, 9.17) is 10.5 Å². The Bertz CT molecular complexity index is 671. The number of nitrogens with zero attached hydrogens (tertiary/aromatic N) is 2. The summed E-state index contributed by atoms with van der Waals surface area (Å²) in [5.74, 6) is 1.01. The van der Waals surface area contributed by atoms with E-state index in [-0.39, 0.29) is 5.82 Å². The van der Waals surface area contributed by atoms with E-state index in [0.717, 1.165) is 22.2 Å². The first kappa shape index (κ1) is 9.71. The Kier molecular flexibility index (Phi) is 2.01. The molecule has 2 aromatic heterocycles. The molecule has 0 fully saturated rings. The van der Waals surface area contributed by atoms with Gasteiger partial charge in [0, 0.05) is 17.3 Å². The van der Waals surface area contributed by atoms with E-state index >= 15 is 0 Å². The minimum absolute atomic E-state index is 0.261. The first-order chi connectivity index (χ1) is 8.31. The molecule has 0 aliphatic rings. The van der Waals surface area contributed by atoms with Crippen LogP contribution in [0.2, 0.25) is 0 Å². The molecule has 6 nitrogen and oxygen atoms in total. The molecule has 0 bridgehead atoms. The normalized spacial score (nSPS) is 10.9. The third-order valence-electron chi connectivity index (χ3n) is 2.66. The Balaban J connectivity index is 2.34. The molecule has 0 unspecified atom stereocenters. The van der Waals surface area contributed by atoms with Gasteiger partial charge < -0.3 is 15.5 Å². The summed E-state index contributed by atoms with van der Waals surface area (Å²) in [5, 5.41) is 8.28. The second-order valence-electron chi connectivity index (χ2n) is 3.58. The van der Waals surface area contributed by atoms with Crippen molar-refractivity contribution in [1.82, 2.24) is 15.3 Å². The van der Waals surface area contributed by atoms with Gasteiger partial charge in [0.05, 0.1) is 12.5 Å². The molecule has 0 saturated heterocycles. The number of fused-ring (bicyclic) bond motifs is 1. The minimum Gasteiger partial charge on any atom is -0.496 e. The van der Waals surface area contributed by atoms with Crippen LogP contribution in [0.5, 0.6) is 5.75 Å². The molecule has 0 aliphatic heterocycles. The lowest BCUT2D eigenvalue weighted by Gasteiger charge is -2.02. The summed E-state index contributed by atoms with van der Waals surface area (Å²) in [4.78, 5) is 3.13. The quantitative estimate of drug-likeness (QED) is 0.700. The fourth-order valence-corrected chi connectivity index (χ4v) is 1.89. The standard InChI is InChI=1S/C11H10N4O2/c1-16-8-4-2-3-7-9(8)6(5-13-7)10-11(12)15-17-14-10/h2-5,13H,1H3,(H2,12,15). The number of nitrogen functional groups attached to an aromatic ring is 1. The Hall–Kier alpha value is -2.50. The maximum absolute atomic E-state index is 5.69. The van der Waals surface area contributed by atoms with Crippen LogP contribution in [0.25, 0.3) is 22.2 Å². The summed E-state index contributed by atoms with van der Waals surface area (Å²) in [6, 6.07) is 5.74. The number of anilines is 1. The predicted octanol–water partition coefficient (Wildman–Crippen LogP) is 1.81. The fourth-order valence-electron chi connectivity index (χ4n) is 1.89. The average Bonchev–Trinajstić information content (AvgIpc) is 2.94. The van der Waals surface area contributed by atoms with Crippen LogP contribution in [-0.2, 0) is 0 Å². The Morgan fingerprint density at radius 3 is 2.94 bits per heavy atom. The number of rotatable bonds is 2. The van der Waals surface area contributed by atoms with Crippen molar-refractivity contribution in [2.24, 2.45) is 0 Å². The van der Waals surface area contributed by atoms with Crippen LogP contribution >= 0.6 is 0 Å². The number of methoxy groups -OCH3 is 1.